The Bertz CT molecular complexity index is 1180. The van der Waals surface area contributed by atoms with Crippen LogP contribution in [0.5, 0.6) is 0 Å². The molecule has 2 aliphatic rings. The summed E-state index contributed by atoms with van der Waals surface area (Å²) in [7, 11) is 0. The van der Waals surface area contributed by atoms with Crippen LogP contribution in [-0.2, 0) is 14.3 Å². The first-order valence-corrected chi connectivity index (χ1v) is 12.9. The third-order valence-electron chi connectivity index (χ3n) is 6.29. The third-order valence-corrected chi connectivity index (χ3v) is 7.29. The van der Waals surface area contributed by atoms with Crippen molar-refractivity contribution < 1.29 is 14.3 Å². The zero-order chi connectivity index (χ0) is 24.6. The van der Waals surface area contributed by atoms with Gasteiger partial charge in [0.1, 0.15) is 5.82 Å². The van der Waals surface area contributed by atoms with Crippen LogP contribution >= 0.6 is 23.4 Å². The van der Waals surface area contributed by atoms with Gasteiger partial charge in [0.2, 0.25) is 0 Å². The highest BCUT2D eigenvalue weighted by atomic mass is 35.5. The Hall–Kier alpha value is -2.70. The molecule has 0 saturated heterocycles. The molecule has 1 aliphatic carbocycles. The number of ketones is 1. The fourth-order valence-electron chi connectivity index (χ4n) is 4.83. The SMILES string of the molecule is CCOC(=O)C1=C(N)N(c2ccc(Cl)cc2)C2=C(C(=O)CC(C)(C)C2)C1c1ccc(SC)cc1. The summed E-state index contributed by atoms with van der Waals surface area (Å²) in [6.07, 6.45) is 3.05. The summed E-state index contributed by atoms with van der Waals surface area (Å²) in [6.45, 7) is 6.13. The fourth-order valence-corrected chi connectivity index (χ4v) is 5.37. The first-order chi connectivity index (χ1) is 16.2. The maximum absolute atomic E-state index is 13.7. The lowest BCUT2D eigenvalue weighted by Gasteiger charge is -2.44. The van der Waals surface area contributed by atoms with Crippen LogP contribution in [0.25, 0.3) is 0 Å². The molecular weight excluding hydrogens is 468 g/mol. The lowest BCUT2D eigenvalue weighted by atomic mass is 9.68. The number of Topliss-reactive ketones (excluding diaryl/α,β-unsaturated/α-hetero) is 1. The van der Waals surface area contributed by atoms with E-state index in [1.807, 2.05) is 47.6 Å². The van der Waals surface area contributed by atoms with Crippen LogP contribution in [0.4, 0.5) is 5.69 Å². The molecule has 0 fully saturated rings. The fraction of sp³-hybridized carbons (Fsp3) is 0.333. The minimum atomic E-state index is -0.586. The van der Waals surface area contributed by atoms with Gasteiger partial charge in [0.25, 0.3) is 0 Å². The van der Waals surface area contributed by atoms with E-state index in [1.165, 1.54) is 0 Å². The van der Waals surface area contributed by atoms with Crippen LogP contribution in [-0.4, -0.2) is 24.6 Å². The second-order valence-corrected chi connectivity index (χ2v) is 10.7. The Morgan fingerprint density at radius 2 is 1.79 bits per heavy atom. The Labute approximate surface area is 210 Å². The molecule has 4 rings (SSSR count). The van der Waals surface area contributed by atoms with Gasteiger partial charge in [0.15, 0.2) is 5.78 Å². The van der Waals surface area contributed by atoms with E-state index in [4.69, 9.17) is 22.1 Å². The van der Waals surface area contributed by atoms with E-state index in [1.54, 1.807) is 30.8 Å². The Morgan fingerprint density at radius 1 is 1.15 bits per heavy atom. The number of carbonyl (C=O) groups is 2. The van der Waals surface area contributed by atoms with Gasteiger partial charge in [0, 0.05) is 33.3 Å². The normalized spacial score (nSPS) is 19.9. The number of allylic oxidation sites excluding steroid dienone is 2. The molecule has 2 aromatic carbocycles. The van der Waals surface area contributed by atoms with Gasteiger partial charge >= 0.3 is 5.97 Å². The van der Waals surface area contributed by atoms with Crippen molar-refractivity contribution in [2.75, 3.05) is 17.8 Å². The summed E-state index contributed by atoms with van der Waals surface area (Å²) in [6, 6.07) is 15.2. The van der Waals surface area contributed by atoms with Crippen molar-refractivity contribution in [2.45, 2.75) is 44.4 Å². The second-order valence-electron chi connectivity index (χ2n) is 9.34. The largest absolute Gasteiger partial charge is 0.463 e. The van der Waals surface area contributed by atoms with Crippen molar-refractivity contribution in [3.8, 4) is 0 Å². The van der Waals surface area contributed by atoms with Gasteiger partial charge in [-0.05, 0) is 67.0 Å². The summed E-state index contributed by atoms with van der Waals surface area (Å²) in [5.41, 5.74) is 9.86. The maximum atomic E-state index is 13.7. The van der Waals surface area contributed by atoms with E-state index in [9.17, 15) is 9.59 Å². The average Bonchev–Trinajstić information content (AvgIpc) is 2.78. The standard InChI is InChI=1S/C27H29ClN2O3S/c1-5-33-26(32)24-22(16-6-12-19(34-4)13-7-16)23-20(14-27(2,3)15-21(23)31)30(25(24)29)18-10-8-17(28)9-11-18/h6-13,22H,5,14-15,29H2,1-4H3. The Kier molecular flexibility index (Phi) is 6.83. The molecule has 34 heavy (non-hydrogen) atoms. The highest BCUT2D eigenvalue weighted by Crippen LogP contribution is 2.50. The van der Waals surface area contributed by atoms with E-state index >= 15 is 0 Å². The molecule has 0 radical (unpaired) electrons. The number of nitrogens with zero attached hydrogens (tertiary/aromatic N) is 1. The van der Waals surface area contributed by atoms with Crippen molar-refractivity contribution in [2.24, 2.45) is 11.1 Å². The van der Waals surface area contributed by atoms with Crippen LogP contribution in [0.3, 0.4) is 0 Å². The Balaban J connectivity index is 2.00. The number of carbonyl (C=O) groups excluding carboxylic acids is 2. The van der Waals surface area contributed by atoms with Crippen LogP contribution in [0, 0.1) is 5.41 Å². The van der Waals surface area contributed by atoms with E-state index in [-0.39, 0.29) is 23.6 Å². The summed E-state index contributed by atoms with van der Waals surface area (Å²) in [5, 5.41) is 0.593. The third kappa shape index (κ3) is 4.49. The van der Waals surface area contributed by atoms with E-state index < -0.39 is 11.9 Å². The number of hydrogen-bond acceptors (Lipinski definition) is 6. The highest BCUT2D eigenvalue weighted by Gasteiger charge is 2.46. The monoisotopic (exact) mass is 496 g/mol. The predicted octanol–water partition coefficient (Wildman–Crippen LogP) is 6.04. The number of hydrogen-bond donors (Lipinski definition) is 1. The number of halogens is 1. The lowest BCUT2D eigenvalue weighted by Crippen LogP contribution is -2.43. The van der Waals surface area contributed by atoms with Crippen molar-refractivity contribution in [1.82, 2.24) is 0 Å². The summed E-state index contributed by atoms with van der Waals surface area (Å²) in [5.74, 6) is -0.790. The molecule has 0 spiro atoms. The van der Waals surface area contributed by atoms with Gasteiger partial charge in [0.05, 0.1) is 18.1 Å². The number of esters is 1. The molecule has 1 atom stereocenters. The number of ether oxygens (including phenoxy) is 1. The maximum Gasteiger partial charge on any atom is 0.338 e. The van der Waals surface area contributed by atoms with E-state index in [0.29, 0.717) is 29.0 Å². The van der Waals surface area contributed by atoms with Gasteiger partial charge < -0.3 is 10.5 Å². The van der Waals surface area contributed by atoms with Crippen molar-refractivity contribution >= 4 is 40.8 Å². The predicted molar refractivity (Wildman–Crippen MR) is 138 cm³/mol. The molecule has 0 bridgehead atoms. The molecule has 1 heterocycles. The zero-order valence-electron chi connectivity index (χ0n) is 19.9. The van der Waals surface area contributed by atoms with Crippen molar-refractivity contribution in [3.05, 3.63) is 81.8 Å². The molecular formula is C27H29ClN2O3S. The van der Waals surface area contributed by atoms with Crippen molar-refractivity contribution in [1.29, 1.82) is 0 Å². The molecule has 7 heteroatoms. The van der Waals surface area contributed by atoms with Gasteiger partial charge in [-0.3, -0.25) is 9.69 Å². The minimum Gasteiger partial charge on any atom is -0.463 e. The van der Waals surface area contributed by atoms with Gasteiger partial charge in [-0.15, -0.1) is 11.8 Å². The summed E-state index contributed by atoms with van der Waals surface area (Å²) in [4.78, 5) is 29.9. The zero-order valence-corrected chi connectivity index (χ0v) is 21.4. The molecule has 1 aliphatic heterocycles. The van der Waals surface area contributed by atoms with E-state index in [0.717, 1.165) is 21.8 Å². The number of thioether (sulfide) groups is 1. The quantitative estimate of drug-likeness (QED) is 0.401. The van der Waals surface area contributed by atoms with Gasteiger partial charge in [-0.1, -0.05) is 37.6 Å². The first-order valence-electron chi connectivity index (χ1n) is 11.3. The second kappa shape index (κ2) is 9.51. The van der Waals surface area contributed by atoms with Crippen LogP contribution in [0.1, 0.15) is 45.1 Å². The van der Waals surface area contributed by atoms with Crippen molar-refractivity contribution in [3.63, 3.8) is 0 Å². The lowest BCUT2D eigenvalue weighted by molar-refractivity contribution is -0.138. The van der Waals surface area contributed by atoms with Crippen LogP contribution < -0.4 is 10.6 Å². The topological polar surface area (TPSA) is 72.6 Å². The highest BCUT2D eigenvalue weighted by molar-refractivity contribution is 7.98. The molecule has 0 saturated carbocycles. The van der Waals surface area contributed by atoms with Gasteiger partial charge in [-0.25, -0.2) is 4.79 Å². The summed E-state index contributed by atoms with van der Waals surface area (Å²) >= 11 is 7.77. The molecule has 2 aromatic rings. The first kappa shape index (κ1) is 24.4. The van der Waals surface area contributed by atoms with Gasteiger partial charge in [-0.2, -0.15) is 0 Å². The average molecular weight is 497 g/mol. The summed E-state index contributed by atoms with van der Waals surface area (Å²) < 4.78 is 5.45. The number of rotatable bonds is 5. The number of anilines is 1. The smallest absolute Gasteiger partial charge is 0.338 e. The molecule has 178 valence electrons. The number of nitrogens with two attached hydrogens (primary N) is 1. The van der Waals surface area contributed by atoms with Crippen LogP contribution in [0.15, 0.2) is 76.1 Å². The molecule has 0 amide bonds. The molecule has 2 N–H and O–H groups in total. The Morgan fingerprint density at radius 3 is 2.38 bits per heavy atom. The van der Waals surface area contributed by atoms with Crippen LogP contribution in [0.2, 0.25) is 5.02 Å². The molecule has 1 unspecified atom stereocenters. The molecule has 5 nitrogen and oxygen atoms in total. The van der Waals surface area contributed by atoms with E-state index in [2.05, 4.69) is 13.8 Å². The number of benzene rings is 2. The molecule has 0 aromatic heterocycles. The minimum absolute atomic E-state index is 0.0263.